The van der Waals surface area contributed by atoms with Gasteiger partial charge in [0.2, 0.25) is 5.76 Å². The summed E-state index contributed by atoms with van der Waals surface area (Å²) in [6.07, 6.45) is 3.76. The second-order valence-corrected chi connectivity index (χ2v) is 8.73. The Morgan fingerprint density at radius 2 is 1.76 bits per heavy atom. The van der Waals surface area contributed by atoms with Crippen molar-refractivity contribution in [2.75, 3.05) is 7.11 Å². The van der Waals surface area contributed by atoms with Gasteiger partial charge < -0.3 is 13.7 Å². The van der Waals surface area contributed by atoms with Crippen LogP contribution in [0.1, 0.15) is 27.4 Å². The van der Waals surface area contributed by atoms with Crippen LogP contribution in [0.15, 0.2) is 82.2 Å². The van der Waals surface area contributed by atoms with Crippen LogP contribution in [-0.2, 0) is 22.6 Å². The minimum atomic E-state index is -0.618. The van der Waals surface area contributed by atoms with Crippen LogP contribution in [0, 0.1) is 0 Å². The maximum absolute atomic E-state index is 13.0. The van der Waals surface area contributed by atoms with Gasteiger partial charge >= 0.3 is 5.97 Å². The third kappa shape index (κ3) is 4.15. The lowest BCUT2D eigenvalue weighted by molar-refractivity contribution is -0.123. The van der Waals surface area contributed by atoms with Crippen molar-refractivity contribution in [2.45, 2.75) is 13.1 Å². The number of aromatic nitrogens is 1. The van der Waals surface area contributed by atoms with Gasteiger partial charge in [-0.2, -0.15) is 0 Å². The maximum atomic E-state index is 13.0. The molecule has 0 bridgehead atoms. The Labute approximate surface area is 199 Å². The third-order valence-electron chi connectivity index (χ3n) is 5.54. The fourth-order valence-corrected chi connectivity index (χ4v) is 4.74. The Balaban J connectivity index is 1.42. The van der Waals surface area contributed by atoms with Crippen molar-refractivity contribution in [1.82, 2.24) is 9.47 Å². The number of amides is 2. The van der Waals surface area contributed by atoms with E-state index < -0.39 is 11.9 Å². The fraction of sp³-hybridized carbons (Fsp3) is 0.115. The average molecular weight is 473 g/mol. The predicted molar refractivity (Wildman–Crippen MR) is 129 cm³/mol. The summed E-state index contributed by atoms with van der Waals surface area (Å²) in [6.45, 7) is 0.631. The van der Waals surface area contributed by atoms with E-state index in [1.54, 1.807) is 12.1 Å². The molecule has 1 aliphatic heterocycles. The SMILES string of the molecule is COC(=O)c1ccc(CN2C(=O)S/C(=C/c3cn(Cc4ccccc4)c4ccccc34)C2=O)o1. The molecular weight excluding hydrogens is 452 g/mol. The quantitative estimate of drug-likeness (QED) is 0.280. The summed E-state index contributed by atoms with van der Waals surface area (Å²) in [5.74, 6) is -0.673. The molecule has 1 aliphatic rings. The summed E-state index contributed by atoms with van der Waals surface area (Å²) < 4.78 is 12.2. The number of hydrogen-bond acceptors (Lipinski definition) is 6. The smallest absolute Gasteiger partial charge is 0.373 e. The zero-order valence-corrected chi connectivity index (χ0v) is 19.1. The first-order valence-electron chi connectivity index (χ1n) is 10.6. The molecule has 8 heteroatoms. The van der Waals surface area contributed by atoms with Gasteiger partial charge in [-0.25, -0.2) is 4.79 Å². The van der Waals surface area contributed by atoms with E-state index in [2.05, 4.69) is 21.4 Å². The van der Waals surface area contributed by atoms with Crippen LogP contribution in [0.5, 0.6) is 0 Å². The lowest BCUT2D eigenvalue weighted by Gasteiger charge is -2.09. The van der Waals surface area contributed by atoms with Gasteiger partial charge in [-0.05, 0) is 41.6 Å². The lowest BCUT2D eigenvalue weighted by atomic mass is 10.1. The molecule has 7 nitrogen and oxygen atoms in total. The van der Waals surface area contributed by atoms with E-state index in [-0.39, 0.29) is 17.5 Å². The Morgan fingerprint density at radius 3 is 2.56 bits per heavy atom. The molecular formula is C26H20N2O5S. The zero-order chi connectivity index (χ0) is 23.7. The normalized spacial score (nSPS) is 15.0. The summed E-state index contributed by atoms with van der Waals surface area (Å²) in [7, 11) is 1.25. The number of thioether (sulfide) groups is 1. The van der Waals surface area contributed by atoms with E-state index in [0.29, 0.717) is 17.2 Å². The first kappa shape index (κ1) is 21.8. The Morgan fingerprint density at radius 1 is 1.00 bits per heavy atom. The van der Waals surface area contributed by atoms with E-state index >= 15 is 0 Å². The van der Waals surface area contributed by atoms with Gasteiger partial charge in [-0.3, -0.25) is 14.5 Å². The van der Waals surface area contributed by atoms with E-state index in [4.69, 9.17) is 4.42 Å². The summed E-state index contributed by atoms with van der Waals surface area (Å²) >= 11 is 0.891. The molecule has 3 heterocycles. The number of methoxy groups -OCH3 is 1. The van der Waals surface area contributed by atoms with Crippen molar-refractivity contribution >= 4 is 45.9 Å². The van der Waals surface area contributed by atoms with Crippen molar-refractivity contribution in [3.05, 3.63) is 100 Å². The molecule has 170 valence electrons. The number of benzene rings is 2. The first-order valence-corrected chi connectivity index (χ1v) is 11.4. The number of hydrogen-bond donors (Lipinski definition) is 0. The summed E-state index contributed by atoms with van der Waals surface area (Å²) in [5, 5.41) is 0.610. The molecule has 0 radical (unpaired) electrons. The Bertz CT molecular complexity index is 1430. The molecule has 34 heavy (non-hydrogen) atoms. The molecule has 0 aliphatic carbocycles. The number of imide groups is 1. The molecule has 2 aromatic heterocycles. The van der Waals surface area contributed by atoms with Gasteiger partial charge in [0, 0.05) is 29.2 Å². The largest absolute Gasteiger partial charge is 0.463 e. The second kappa shape index (κ2) is 9.07. The Kier molecular flexibility index (Phi) is 5.81. The summed E-state index contributed by atoms with van der Waals surface area (Å²) in [6, 6.07) is 21.1. The molecule has 0 N–H and O–H groups in total. The highest BCUT2D eigenvalue weighted by atomic mass is 32.2. The number of carbonyl (C=O) groups excluding carboxylic acids is 3. The van der Waals surface area contributed by atoms with Crippen molar-refractivity contribution in [3.8, 4) is 0 Å². The van der Waals surface area contributed by atoms with E-state index in [9.17, 15) is 14.4 Å². The molecule has 0 unspecified atom stereocenters. The standard InChI is InChI=1S/C26H20N2O5S/c1-32-25(30)22-12-11-19(33-22)16-28-24(29)23(34-26(28)31)13-18-15-27(14-17-7-3-2-4-8-17)21-10-6-5-9-20(18)21/h2-13,15H,14,16H2,1H3/b23-13+. The number of ether oxygens (including phenoxy) is 1. The number of fused-ring (bicyclic) bond motifs is 1. The maximum Gasteiger partial charge on any atom is 0.373 e. The van der Waals surface area contributed by atoms with Crippen LogP contribution in [0.3, 0.4) is 0 Å². The Hall–Kier alpha value is -4.04. The van der Waals surface area contributed by atoms with Gasteiger partial charge in [0.05, 0.1) is 18.6 Å². The highest BCUT2D eigenvalue weighted by Gasteiger charge is 2.36. The number of rotatable bonds is 6. The van der Waals surface area contributed by atoms with Crippen LogP contribution in [-0.4, -0.2) is 33.7 Å². The van der Waals surface area contributed by atoms with Gasteiger partial charge in [-0.1, -0.05) is 48.5 Å². The molecule has 0 spiro atoms. The number of nitrogens with zero attached hydrogens (tertiary/aromatic N) is 2. The molecule has 1 fully saturated rings. The summed E-state index contributed by atoms with van der Waals surface area (Å²) in [4.78, 5) is 38.7. The third-order valence-corrected chi connectivity index (χ3v) is 6.44. The van der Waals surface area contributed by atoms with Crippen LogP contribution in [0.2, 0.25) is 0 Å². The highest BCUT2D eigenvalue weighted by molar-refractivity contribution is 8.18. The topological polar surface area (TPSA) is 81.8 Å². The van der Waals surface area contributed by atoms with Crippen LogP contribution in [0.4, 0.5) is 4.79 Å². The van der Waals surface area contributed by atoms with Gasteiger partial charge in [0.25, 0.3) is 11.1 Å². The molecule has 0 atom stereocenters. The van der Waals surface area contributed by atoms with Gasteiger partial charge in [-0.15, -0.1) is 0 Å². The van der Waals surface area contributed by atoms with Crippen molar-refractivity contribution < 1.29 is 23.5 Å². The van der Waals surface area contributed by atoms with Crippen molar-refractivity contribution in [2.24, 2.45) is 0 Å². The lowest BCUT2D eigenvalue weighted by Crippen LogP contribution is -2.27. The number of para-hydroxylation sites is 1. The van der Waals surface area contributed by atoms with E-state index in [1.165, 1.54) is 18.7 Å². The number of carbonyl (C=O) groups is 3. The molecule has 2 amide bonds. The van der Waals surface area contributed by atoms with Crippen LogP contribution < -0.4 is 0 Å². The first-order chi connectivity index (χ1) is 16.5. The summed E-state index contributed by atoms with van der Waals surface area (Å²) in [5.41, 5.74) is 3.07. The highest BCUT2D eigenvalue weighted by Crippen LogP contribution is 2.35. The van der Waals surface area contributed by atoms with Crippen molar-refractivity contribution in [1.29, 1.82) is 0 Å². The monoisotopic (exact) mass is 472 g/mol. The number of furan rings is 1. The minimum Gasteiger partial charge on any atom is -0.463 e. The van der Waals surface area contributed by atoms with Crippen LogP contribution in [0.25, 0.3) is 17.0 Å². The van der Waals surface area contributed by atoms with Gasteiger partial charge in [0.15, 0.2) is 0 Å². The fourth-order valence-electron chi connectivity index (χ4n) is 3.91. The minimum absolute atomic E-state index is 0.0197. The zero-order valence-electron chi connectivity index (χ0n) is 18.3. The predicted octanol–water partition coefficient (Wildman–Crippen LogP) is 5.31. The molecule has 5 rings (SSSR count). The van der Waals surface area contributed by atoms with E-state index in [0.717, 1.165) is 33.1 Å². The van der Waals surface area contributed by atoms with Gasteiger partial charge in [0.1, 0.15) is 5.76 Å². The molecule has 4 aromatic rings. The molecule has 1 saturated heterocycles. The van der Waals surface area contributed by atoms with Crippen molar-refractivity contribution in [3.63, 3.8) is 0 Å². The second-order valence-electron chi connectivity index (χ2n) is 7.74. The number of esters is 1. The van der Waals surface area contributed by atoms with Crippen LogP contribution >= 0.6 is 11.8 Å². The van der Waals surface area contributed by atoms with E-state index in [1.807, 2.05) is 48.7 Å². The molecule has 0 saturated carbocycles. The molecule has 2 aromatic carbocycles. The average Bonchev–Trinajstić information content (AvgIpc) is 3.53.